The molecule has 0 aromatic heterocycles. The number of allylic oxidation sites excluding steroid dienone is 1. The molecule has 0 aromatic rings. The monoisotopic (exact) mass is 319 g/mol. The maximum absolute atomic E-state index is 9.02. The number of hydrogen-bond donors (Lipinski definition) is 1. The Kier molecular flexibility index (Phi) is 20.8. The van der Waals surface area contributed by atoms with Gasteiger partial charge in [-0.05, 0) is 77.6 Å². The van der Waals surface area contributed by atoms with Crippen LogP contribution in [0.25, 0.3) is 0 Å². The summed E-state index contributed by atoms with van der Waals surface area (Å²) in [6, 6.07) is 0. The van der Waals surface area contributed by atoms with E-state index in [1.165, 1.54) is 5.57 Å². The third-order valence-corrected chi connectivity index (χ3v) is 2.51. The van der Waals surface area contributed by atoms with Crippen molar-refractivity contribution in [3.63, 3.8) is 0 Å². The Hall–Kier alpha value is 0.414. The van der Waals surface area contributed by atoms with Crippen molar-refractivity contribution >= 4 is 0 Å². The van der Waals surface area contributed by atoms with Gasteiger partial charge in [0.05, 0.1) is 6.10 Å². The second-order valence-corrected chi connectivity index (χ2v) is 4.47. The molecule has 10 radical (unpaired) electrons. The van der Waals surface area contributed by atoms with Crippen LogP contribution in [0.1, 0.15) is 40.0 Å². The van der Waals surface area contributed by atoms with Gasteiger partial charge in [-0.15, -0.1) is 0 Å². The number of aliphatic hydroxyl groups excluding tert-OH is 1. The molecule has 2 fully saturated rings. The topological polar surface area (TPSA) is 20.2 Å². The van der Waals surface area contributed by atoms with Crippen LogP contribution in [0.2, 0.25) is 0 Å². The SMILES string of the molecule is CC[C-]=C(CC)CC(C)O.[CH]1[CH][CH][CH][CH]1.[CH]1[CH][CH][CH][CH]1.[Ti]. The average molecular weight is 319 g/mol. The Morgan fingerprint density at radius 1 is 0.857 bits per heavy atom. The van der Waals surface area contributed by atoms with Gasteiger partial charge in [0, 0.05) is 21.7 Å². The van der Waals surface area contributed by atoms with Gasteiger partial charge in [0.25, 0.3) is 0 Å². The summed E-state index contributed by atoms with van der Waals surface area (Å²) >= 11 is 0. The fourth-order valence-corrected chi connectivity index (χ4v) is 1.59. The minimum atomic E-state index is -0.214. The fourth-order valence-electron chi connectivity index (χ4n) is 1.59. The second-order valence-electron chi connectivity index (χ2n) is 4.47. The van der Waals surface area contributed by atoms with Crippen molar-refractivity contribution in [1.82, 2.24) is 0 Å². The van der Waals surface area contributed by atoms with Crippen molar-refractivity contribution in [2.24, 2.45) is 0 Å². The molecule has 1 nitrogen and oxygen atoms in total. The minimum Gasteiger partial charge on any atom is -0.497 e. The van der Waals surface area contributed by atoms with E-state index in [2.05, 4.69) is 19.9 Å². The van der Waals surface area contributed by atoms with Gasteiger partial charge < -0.3 is 11.2 Å². The van der Waals surface area contributed by atoms with Gasteiger partial charge in [-0.1, -0.05) is 20.3 Å². The standard InChI is InChI=1S/C9H17O.2C5H5.Ti/c1-4-6-9(5-2)7-8(3)10;2*1-2-4-5-3-1;/h8,10H,4-5,7H2,1-3H3;2*1-5H;/q-1;;;. The van der Waals surface area contributed by atoms with E-state index in [0.29, 0.717) is 0 Å². The molecular formula is C19H27OTi-. The summed E-state index contributed by atoms with van der Waals surface area (Å²) < 4.78 is 0. The Morgan fingerprint density at radius 2 is 1.19 bits per heavy atom. The molecule has 0 saturated heterocycles. The third kappa shape index (κ3) is 18.4. The molecule has 0 bridgehead atoms. The summed E-state index contributed by atoms with van der Waals surface area (Å²) in [4.78, 5) is 0. The predicted molar refractivity (Wildman–Crippen MR) is 86.6 cm³/mol. The molecule has 2 aliphatic carbocycles. The molecule has 0 aliphatic heterocycles. The average Bonchev–Trinajstić information content (AvgIpc) is 3.15. The van der Waals surface area contributed by atoms with Crippen LogP contribution in [-0.4, -0.2) is 11.2 Å². The number of aliphatic hydroxyl groups is 1. The summed E-state index contributed by atoms with van der Waals surface area (Å²) in [5.41, 5.74) is 1.25. The van der Waals surface area contributed by atoms with E-state index in [4.69, 9.17) is 5.11 Å². The van der Waals surface area contributed by atoms with Crippen molar-refractivity contribution in [3.8, 4) is 0 Å². The van der Waals surface area contributed by atoms with Crippen LogP contribution < -0.4 is 0 Å². The predicted octanol–water partition coefficient (Wildman–Crippen LogP) is 4.35. The van der Waals surface area contributed by atoms with Crippen molar-refractivity contribution in [3.05, 3.63) is 75.9 Å². The molecule has 1 atom stereocenters. The van der Waals surface area contributed by atoms with E-state index >= 15 is 0 Å². The van der Waals surface area contributed by atoms with E-state index in [1.807, 2.05) is 71.1 Å². The van der Waals surface area contributed by atoms with Gasteiger partial charge in [0.1, 0.15) is 0 Å². The molecule has 1 N–H and O–H groups in total. The van der Waals surface area contributed by atoms with Crippen molar-refractivity contribution in [1.29, 1.82) is 0 Å². The molecule has 1 unspecified atom stereocenters. The van der Waals surface area contributed by atoms with E-state index in [9.17, 15) is 0 Å². The molecule has 2 saturated carbocycles. The van der Waals surface area contributed by atoms with E-state index in [1.54, 1.807) is 0 Å². The van der Waals surface area contributed by atoms with Crippen LogP contribution in [0.4, 0.5) is 0 Å². The normalized spacial score (nSPS) is 18.8. The number of hydrogen-bond acceptors (Lipinski definition) is 1. The van der Waals surface area contributed by atoms with Crippen LogP contribution in [0.15, 0.2) is 5.57 Å². The zero-order valence-electron chi connectivity index (χ0n) is 13.4. The second kappa shape index (κ2) is 18.5. The first-order valence-electron chi connectivity index (χ1n) is 7.30. The maximum Gasteiger partial charge on any atom is 0.0522 e. The minimum absolute atomic E-state index is 0. The molecule has 0 amide bonds. The van der Waals surface area contributed by atoms with Gasteiger partial charge >= 0.3 is 0 Å². The smallest absolute Gasteiger partial charge is 0.0522 e. The van der Waals surface area contributed by atoms with Crippen molar-refractivity contribution in [2.75, 3.05) is 0 Å². The first-order chi connectivity index (χ1) is 9.70. The third-order valence-electron chi connectivity index (χ3n) is 2.51. The van der Waals surface area contributed by atoms with Gasteiger partial charge in [0.2, 0.25) is 0 Å². The summed E-state index contributed by atoms with van der Waals surface area (Å²) in [5, 5.41) is 9.02. The van der Waals surface area contributed by atoms with Gasteiger partial charge in [-0.2, -0.15) is 6.42 Å². The zero-order valence-corrected chi connectivity index (χ0v) is 15.0. The maximum atomic E-state index is 9.02. The summed E-state index contributed by atoms with van der Waals surface area (Å²) in [6.07, 6.45) is 25.8. The van der Waals surface area contributed by atoms with Crippen LogP contribution in [-0.2, 0) is 21.7 Å². The molecular weight excluding hydrogens is 292 g/mol. The van der Waals surface area contributed by atoms with Crippen molar-refractivity contribution in [2.45, 2.75) is 46.1 Å². The van der Waals surface area contributed by atoms with Crippen LogP contribution >= 0.6 is 0 Å². The first-order valence-corrected chi connectivity index (χ1v) is 7.30. The molecule has 0 spiro atoms. The molecule has 2 rings (SSSR count). The molecule has 2 aliphatic rings. The Bertz CT molecular complexity index is 190. The Labute approximate surface area is 148 Å². The van der Waals surface area contributed by atoms with E-state index < -0.39 is 0 Å². The molecule has 0 aromatic carbocycles. The summed E-state index contributed by atoms with van der Waals surface area (Å²) in [5.74, 6) is 0. The first kappa shape index (κ1) is 23.7. The van der Waals surface area contributed by atoms with Gasteiger partial charge in [-0.3, -0.25) is 5.57 Å². The zero-order chi connectivity index (χ0) is 15.1. The quantitative estimate of drug-likeness (QED) is 0.603. The van der Waals surface area contributed by atoms with Crippen LogP contribution in [0.5, 0.6) is 0 Å². The molecule has 0 heterocycles. The Morgan fingerprint density at radius 3 is 1.38 bits per heavy atom. The van der Waals surface area contributed by atoms with Gasteiger partial charge in [-0.25, -0.2) is 0 Å². The fraction of sp³-hybridized carbons (Fsp3) is 0.368. The molecule has 114 valence electrons. The Balaban J connectivity index is 0. The van der Waals surface area contributed by atoms with Gasteiger partial charge in [0.15, 0.2) is 0 Å². The largest absolute Gasteiger partial charge is 0.497 e. The van der Waals surface area contributed by atoms with E-state index in [-0.39, 0.29) is 27.8 Å². The summed E-state index contributed by atoms with van der Waals surface area (Å²) in [7, 11) is 0. The van der Waals surface area contributed by atoms with Crippen LogP contribution in [0, 0.1) is 70.3 Å². The number of rotatable bonds is 4. The molecule has 2 heteroatoms. The van der Waals surface area contributed by atoms with Crippen LogP contribution in [0.3, 0.4) is 0 Å². The molecule has 21 heavy (non-hydrogen) atoms. The summed E-state index contributed by atoms with van der Waals surface area (Å²) in [6.45, 7) is 5.98. The van der Waals surface area contributed by atoms with E-state index in [0.717, 1.165) is 19.3 Å². The van der Waals surface area contributed by atoms with Crippen molar-refractivity contribution < 1.29 is 26.8 Å².